The van der Waals surface area contributed by atoms with Crippen LogP contribution in [0.4, 0.5) is 28.4 Å². The van der Waals surface area contributed by atoms with Gasteiger partial charge in [0.05, 0.1) is 60.7 Å². The fraction of sp³-hybridized carbons (Fsp3) is 0.0833. The molecule has 0 spiro atoms. The van der Waals surface area contributed by atoms with Crippen molar-refractivity contribution in [2.24, 2.45) is 0 Å². The third kappa shape index (κ3) is 19.0. The predicted octanol–water partition coefficient (Wildman–Crippen LogP) is 17.7. The number of hydrogen-bond donors (Lipinski definition) is 4. The number of sulfonamides is 4. The number of benzene rings is 9. The first-order valence-corrected chi connectivity index (χ1v) is 41.8. The molecule has 0 saturated heterocycles. The van der Waals surface area contributed by atoms with Gasteiger partial charge in [-0.3, -0.25) is 53.6 Å². The van der Waals surface area contributed by atoms with Crippen molar-refractivity contribution in [1.29, 1.82) is 0 Å². The van der Waals surface area contributed by atoms with Crippen LogP contribution >= 0.6 is 22.9 Å². The number of Topliss-reactive ketones (excluding diaryl/α,β-unsaturated/α-hetero) is 1. The van der Waals surface area contributed by atoms with Gasteiger partial charge in [-0.25, -0.2) is 33.7 Å². The molecule has 16 aromatic rings. The SMILES string of the molecule is CC(C)Oc1ccc(S(=O)(=O)Nc2cccc3cnccc23)cc1.CN1CCOc2cc(S(=O)(=O)Nc3cccc4cnccc34)ccc21.O=C(Cc1ccc2cnccc2c1)c1ccccc1.O=S(=O)(Nc1cccc2cnccc12)c1ccc(Cl)s1.O=S(=O)(Nc1cccc2cnccc12)c1cccc2cccnc12. The molecule has 28 heteroatoms. The minimum absolute atomic E-state index is 0.0369. The van der Waals surface area contributed by atoms with Crippen LogP contribution in [0.5, 0.6) is 11.5 Å². The van der Waals surface area contributed by atoms with Crippen molar-refractivity contribution in [3.8, 4) is 11.5 Å². The number of likely N-dealkylation sites (N-methyl/N-ethyl adjacent to an activating group) is 1. The summed E-state index contributed by atoms with van der Waals surface area (Å²) in [7, 11) is -12.8. The molecule has 0 radical (unpaired) electrons. The Morgan fingerprint density at radius 3 is 1.48 bits per heavy atom. The number of nitrogens with one attached hydrogen (secondary N) is 4. The van der Waals surface area contributed by atoms with Gasteiger partial charge in [0.1, 0.15) is 27.2 Å². The molecule has 0 bridgehead atoms. The second-order valence-corrected chi connectivity index (χ2v) is 34.1. The zero-order chi connectivity index (χ0) is 78.4. The fourth-order valence-electron chi connectivity index (χ4n) is 12.0. The van der Waals surface area contributed by atoms with E-state index in [1.807, 2.05) is 117 Å². The summed E-state index contributed by atoms with van der Waals surface area (Å²) in [5.74, 6) is 1.37. The number of pyridine rings is 6. The molecule has 9 aromatic carbocycles. The summed E-state index contributed by atoms with van der Waals surface area (Å²) in [5.41, 5.74) is 5.23. The topological polar surface area (TPSA) is 301 Å². The van der Waals surface area contributed by atoms with Crippen LogP contribution < -0.4 is 33.3 Å². The lowest BCUT2D eigenvalue weighted by molar-refractivity contribution is 0.0993. The van der Waals surface area contributed by atoms with Crippen LogP contribution in [0, 0.1) is 0 Å². The molecule has 0 fully saturated rings. The minimum atomic E-state index is -3.76. The normalized spacial score (nSPS) is 12.0. The number of anilines is 5. The Bertz CT molecular complexity index is 6570. The molecule has 0 unspecified atom stereocenters. The van der Waals surface area contributed by atoms with E-state index in [1.54, 1.807) is 189 Å². The van der Waals surface area contributed by atoms with Crippen LogP contribution in [-0.2, 0) is 46.5 Å². The third-order valence-electron chi connectivity index (χ3n) is 17.4. The van der Waals surface area contributed by atoms with Gasteiger partial charge in [-0.2, -0.15) is 0 Å². The van der Waals surface area contributed by atoms with Crippen LogP contribution in [-0.4, -0.2) is 95.7 Å². The molecule has 0 aliphatic carbocycles. The smallest absolute Gasteiger partial charge is 0.271 e. The zero-order valence-electron chi connectivity index (χ0n) is 60.1. The molecule has 112 heavy (non-hydrogen) atoms. The van der Waals surface area contributed by atoms with Gasteiger partial charge in [-0.05, 0) is 140 Å². The van der Waals surface area contributed by atoms with E-state index in [9.17, 15) is 38.5 Å². The van der Waals surface area contributed by atoms with E-state index in [0.29, 0.717) is 57.1 Å². The second kappa shape index (κ2) is 34.6. The molecule has 1 aliphatic rings. The molecule has 8 heterocycles. The number of nitrogens with zero attached hydrogens (tertiary/aromatic N) is 7. The lowest BCUT2D eigenvalue weighted by Crippen LogP contribution is -2.29. The Kier molecular flexibility index (Phi) is 24.0. The summed E-state index contributed by atoms with van der Waals surface area (Å²) in [6.45, 7) is 5.15. The van der Waals surface area contributed by atoms with Gasteiger partial charge < -0.3 is 14.4 Å². The number of rotatable bonds is 17. The Morgan fingerprint density at radius 1 is 0.464 bits per heavy atom. The zero-order valence-corrected chi connectivity index (χ0v) is 64.9. The molecule has 7 aromatic heterocycles. The van der Waals surface area contributed by atoms with Gasteiger partial charge in [0.15, 0.2) is 5.78 Å². The number of hydrogen-bond acceptors (Lipinski definition) is 19. The molecular formula is C84H70ClN11O11S5. The lowest BCUT2D eigenvalue weighted by Gasteiger charge is -2.27. The number of carbonyl (C=O) groups is 1. The summed E-state index contributed by atoms with van der Waals surface area (Å²) in [5, 5.41) is 9.68. The monoisotopic (exact) mass is 1600 g/mol. The Balaban J connectivity index is 0.000000123. The fourth-order valence-corrected chi connectivity index (χ4v) is 18.0. The number of ketones is 1. The van der Waals surface area contributed by atoms with Crippen molar-refractivity contribution >= 4 is 162 Å². The highest BCUT2D eigenvalue weighted by Gasteiger charge is 2.24. The van der Waals surface area contributed by atoms with Gasteiger partial charge in [0, 0.05) is 147 Å². The molecular weight excluding hydrogens is 1530 g/mol. The molecule has 564 valence electrons. The number of thiophene rings is 1. The van der Waals surface area contributed by atoms with Crippen molar-refractivity contribution in [3.05, 3.63) is 320 Å². The van der Waals surface area contributed by atoms with Crippen molar-refractivity contribution in [3.63, 3.8) is 0 Å². The van der Waals surface area contributed by atoms with Crippen LogP contribution in [0.3, 0.4) is 0 Å². The highest BCUT2D eigenvalue weighted by molar-refractivity contribution is 7.95. The maximum atomic E-state index is 12.9. The summed E-state index contributed by atoms with van der Waals surface area (Å²) >= 11 is 6.80. The van der Waals surface area contributed by atoms with Crippen molar-refractivity contribution in [2.75, 3.05) is 44.0 Å². The van der Waals surface area contributed by atoms with Crippen LogP contribution in [0.2, 0.25) is 4.34 Å². The maximum absolute atomic E-state index is 12.9. The maximum Gasteiger partial charge on any atom is 0.271 e. The van der Waals surface area contributed by atoms with Gasteiger partial charge in [-0.15, -0.1) is 11.3 Å². The lowest BCUT2D eigenvalue weighted by atomic mass is 10.0. The van der Waals surface area contributed by atoms with Crippen LogP contribution in [0.1, 0.15) is 29.8 Å². The van der Waals surface area contributed by atoms with E-state index in [-0.39, 0.29) is 30.8 Å². The van der Waals surface area contributed by atoms with Gasteiger partial charge >= 0.3 is 0 Å². The van der Waals surface area contributed by atoms with Crippen molar-refractivity contribution in [2.45, 2.75) is 45.3 Å². The Morgan fingerprint density at radius 2 is 0.946 bits per heavy atom. The molecule has 17 rings (SSSR count). The molecule has 0 saturated carbocycles. The summed E-state index contributed by atoms with van der Waals surface area (Å²) in [4.78, 5) is 39.2. The highest BCUT2D eigenvalue weighted by Crippen LogP contribution is 2.36. The van der Waals surface area contributed by atoms with E-state index < -0.39 is 40.1 Å². The number of ether oxygens (including phenoxy) is 2. The van der Waals surface area contributed by atoms with Crippen molar-refractivity contribution in [1.82, 2.24) is 29.9 Å². The van der Waals surface area contributed by atoms with Gasteiger partial charge in [0.25, 0.3) is 40.1 Å². The Labute approximate surface area is 656 Å². The second-order valence-electron chi connectivity index (χ2n) is 25.5. The van der Waals surface area contributed by atoms with E-state index in [2.05, 4.69) is 54.9 Å². The van der Waals surface area contributed by atoms with E-state index >= 15 is 0 Å². The first-order valence-electron chi connectivity index (χ1n) is 34.7. The average Bonchev–Trinajstić information content (AvgIpc) is 0.812. The predicted molar refractivity (Wildman–Crippen MR) is 445 cm³/mol. The standard InChI is InChI=1S/C18H17N3O3S.C18H13N3O2S.C18H18N2O3S.C17H13NO.C13H9ClN2O2S2/c1-21-9-10-24-18-11-14(5-6-17(18)21)25(22,23)20-16-4-2-3-13-12-19-8-7-15(13)16;22-24(23,17-8-2-4-13-6-3-10-20-18(13)17)21-16-7-1-5-14-12-19-11-9-15(14)16;1-13(2)23-15-6-8-16(9-7-15)24(21,22)20-18-5-3-4-14-12-19-11-10-17(14)18;19-17(14-4-2-1-3-5-14)11-13-6-7-16-12-18-9-8-15(16)10-13;14-12-4-5-13(19-12)20(17,18)16-11-3-1-2-9-8-15-7-6-10(9)11/h2-8,11-12,20H,9-10H2,1H3;1-12,21H;3-13,20H,1-2H3;1-10,12H,11H2;1-8,16H. The van der Waals surface area contributed by atoms with E-state index in [4.69, 9.17) is 21.1 Å². The Hall–Kier alpha value is -12.5. The number of aromatic nitrogens is 6. The molecule has 0 amide bonds. The van der Waals surface area contributed by atoms with Gasteiger partial charge in [0.2, 0.25) is 0 Å². The van der Waals surface area contributed by atoms with Crippen molar-refractivity contribution < 1.29 is 47.9 Å². The quantitative estimate of drug-likeness (QED) is 0.0616. The number of carbonyl (C=O) groups excluding carboxylic acids is 1. The number of para-hydroxylation sites is 1. The number of fused-ring (bicyclic) bond motifs is 7. The molecule has 1 aliphatic heterocycles. The summed E-state index contributed by atoms with van der Waals surface area (Å²) in [6.07, 6.45) is 19.0. The van der Waals surface area contributed by atoms with Gasteiger partial charge in [-0.1, -0.05) is 127 Å². The van der Waals surface area contributed by atoms with Crippen LogP contribution in [0.15, 0.2) is 324 Å². The largest absolute Gasteiger partial charge is 0.491 e. The number of halogens is 1. The van der Waals surface area contributed by atoms with E-state index in [1.165, 1.54) is 18.2 Å². The molecule has 4 N–H and O–H groups in total. The highest BCUT2D eigenvalue weighted by atomic mass is 35.5. The first kappa shape index (κ1) is 77.7. The summed E-state index contributed by atoms with van der Waals surface area (Å²) < 4.78 is 124. The molecule has 22 nitrogen and oxygen atoms in total. The third-order valence-corrected chi connectivity index (χ3v) is 24.6. The average molecular weight is 1610 g/mol. The minimum Gasteiger partial charge on any atom is -0.491 e. The summed E-state index contributed by atoms with van der Waals surface area (Å²) in [6, 6.07) is 69.3. The molecule has 0 atom stereocenters. The van der Waals surface area contributed by atoms with Crippen LogP contribution in [0.25, 0.3) is 64.8 Å². The first-order chi connectivity index (χ1) is 54.0. The van der Waals surface area contributed by atoms with E-state index in [0.717, 1.165) is 93.9 Å².